The lowest BCUT2D eigenvalue weighted by Crippen LogP contribution is -2.44. The van der Waals surface area contributed by atoms with E-state index >= 15 is 0 Å². The van der Waals surface area contributed by atoms with Gasteiger partial charge in [0.25, 0.3) is 0 Å². The summed E-state index contributed by atoms with van der Waals surface area (Å²) in [6.45, 7) is 10.9. The predicted molar refractivity (Wildman–Crippen MR) is 136 cm³/mol. The van der Waals surface area contributed by atoms with Crippen LogP contribution in [0.2, 0.25) is 0 Å². The van der Waals surface area contributed by atoms with E-state index in [2.05, 4.69) is 59.2 Å². The van der Waals surface area contributed by atoms with Crippen molar-refractivity contribution >= 4 is 22.8 Å². The van der Waals surface area contributed by atoms with Gasteiger partial charge >= 0.3 is 0 Å². The van der Waals surface area contributed by atoms with Crippen LogP contribution in [0, 0.1) is 13.8 Å². The van der Waals surface area contributed by atoms with Gasteiger partial charge in [0.1, 0.15) is 5.82 Å². The van der Waals surface area contributed by atoms with E-state index in [-0.39, 0.29) is 6.04 Å². The van der Waals surface area contributed by atoms with E-state index in [0.717, 1.165) is 73.1 Å². The van der Waals surface area contributed by atoms with Gasteiger partial charge in [-0.05, 0) is 58.1 Å². The van der Waals surface area contributed by atoms with Gasteiger partial charge in [-0.3, -0.25) is 4.68 Å². The molecule has 34 heavy (non-hydrogen) atoms. The van der Waals surface area contributed by atoms with Crippen molar-refractivity contribution in [3.8, 4) is 21.7 Å². The smallest absolute Gasteiger partial charge is 0.166 e. The minimum atomic E-state index is 0.268. The summed E-state index contributed by atoms with van der Waals surface area (Å²) in [6.07, 6.45) is 4.16. The number of nitrogens with one attached hydrogen (secondary N) is 1. The molecule has 0 aliphatic carbocycles. The third kappa shape index (κ3) is 3.62. The summed E-state index contributed by atoms with van der Waals surface area (Å²) in [5, 5.41) is 15.4. The average Bonchev–Trinajstić information content (AvgIpc) is 3.58. The molecule has 2 aliphatic rings. The molecule has 0 spiro atoms. The number of aryl methyl sites for hydroxylation is 1. The van der Waals surface area contributed by atoms with Crippen molar-refractivity contribution in [2.75, 3.05) is 37.7 Å². The second kappa shape index (κ2) is 8.79. The van der Waals surface area contributed by atoms with Gasteiger partial charge in [-0.25, -0.2) is 9.50 Å². The summed E-state index contributed by atoms with van der Waals surface area (Å²) in [6, 6.07) is 7.12. The van der Waals surface area contributed by atoms with Gasteiger partial charge in [0, 0.05) is 28.7 Å². The Balaban J connectivity index is 1.55. The molecule has 0 aromatic carbocycles. The molecule has 0 saturated carbocycles. The maximum Gasteiger partial charge on any atom is 0.166 e. The van der Waals surface area contributed by atoms with Crippen LogP contribution in [0.25, 0.3) is 27.3 Å². The molecule has 1 N–H and O–H groups in total. The molecule has 6 heterocycles. The number of fused-ring (bicyclic) bond motifs is 1. The fraction of sp³-hybridized carbons (Fsp3) is 0.480. The molecule has 4 aromatic rings. The van der Waals surface area contributed by atoms with Crippen molar-refractivity contribution in [2.24, 2.45) is 0 Å². The van der Waals surface area contributed by atoms with Crippen LogP contribution in [0.4, 0.5) is 5.82 Å². The van der Waals surface area contributed by atoms with E-state index in [1.807, 2.05) is 10.7 Å². The number of anilines is 1. The zero-order valence-corrected chi connectivity index (χ0v) is 20.8. The molecule has 0 bridgehead atoms. The molecule has 2 fully saturated rings. The van der Waals surface area contributed by atoms with Crippen molar-refractivity contribution in [1.82, 2.24) is 29.7 Å². The van der Waals surface area contributed by atoms with Crippen LogP contribution >= 0.6 is 11.3 Å². The lowest BCUT2D eigenvalue weighted by molar-refractivity contribution is 0.0985. The second-order valence-corrected chi connectivity index (χ2v) is 10.3. The Morgan fingerprint density at radius 2 is 2.06 bits per heavy atom. The minimum absolute atomic E-state index is 0.268. The summed E-state index contributed by atoms with van der Waals surface area (Å²) in [7, 11) is 0. The van der Waals surface area contributed by atoms with Gasteiger partial charge in [0.05, 0.1) is 48.4 Å². The quantitative estimate of drug-likeness (QED) is 0.477. The average molecular weight is 478 g/mol. The van der Waals surface area contributed by atoms with Crippen LogP contribution in [0.5, 0.6) is 0 Å². The van der Waals surface area contributed by atoms with Crippen LogP contribution in [-0.2, 0) is 4.74 Å². The van der Waals surface area contributed by atoms with E-state index in [9.17, 15) is 0 Å². The number of nitrogens with zero attached hydrogens (tertiary/aromatic N) is 6. The molecule has 178 valence electrons. The molecule has 9 heteroatoms. The zero-order chi connectivity index (χ0) is 23.2. The Kier molecular flexibility index (Phi) is 5.63. The first-order valence-corrected chi connectivity index (χ1v) is 13.0. The molecular weight excluding hydrogens is 446 g/mol. The monoisotopic (exact) mass is 477 g/mol. The number of piperidine rings is 1. The third-order valence-electron chi connectivity index (χ3n) is 7.14. The number of aromatic nitrogens is 5. The molecule has 2 aliphatic heterocycles. The highest BCUT2D eigenvalue weighted by Crippen LogP contribution is 2.36. The molecule has 0 unspecified atom stereocenters. The second-order valence-electron chi connectivity index (χ2n) is 9.36. The SMILES string of the molecule is Cc1nn(C2CCNCC2)c(C)c1-c1cc(N2CCOC[C@H]2C)nc2c(-c3cccs3)cnn12. The molecule has 1 atom stereocenters. The van der Waals surface area contributed by atoms with Gasteiger partial charge in [0.15, 0.2) is 5.65 Å². The number of thiophene rings is 1. The van der Waals surface area contributed by atoms with Gasteiger partial charge in [-0.1, -0.05) is 6.07 Å². The van der Waals surface area contributed by atoms with Crippen molar-refractivity contribution in [3.63, 3.8) is 0 Å². The lowest BCUT2D eigenvalue weighted by Gasteiger charge is -2.34. The molecule has 8 nitrogen and oxygen atoms in total. The van der Waals surface area contributed by atoms with Gasteiger partial charge in [-0.2, -0.15) is 10.2 Å². The molecule has 6 rings (SSSR count). The number of hydrogen-bond donors (Lipinski definition) is 1. The van der Waals surface area contributed by atoms with Crippen LogP contribution in [0.1, 0.15) is 37.2 Å². The predicted octanol–water partition coefficient (Wildman–Crippen LogP) is 4.09. The summed E-state index contributed by atoms with van der Waals surface area (Å²) in [5.74, 6) is 0.977. The normalized spacial score (nSPS) is 19.9. The Hall–Kier alpha value is -2.75. The number of rotatable bonds is 4. The maximum atomic E-state index is 5.71. The molecule has 0 amide bonds. The van der Waals surface area contributed by atoms with E-state index in [1.165, 1.54) is 10.6 Å². The summed E-state index contributed by atoms with van der Waals surface area (Å²) < 4.78 is 9.96. The van der Waals surface area contributed by atoms with Crippen LogP contribution < -0.4 is 10.2 Å². The Morgan fingerprint density at radius 1 is 1.21 bits per heavy atom. The summed E-state index contributed by atoms with van der Waals surface area (Å²) >= 11 is 1.72. The highest BCUT2D eigenvalue weighted by atomic mass is 32.1. The highest BCUT2D eigenvalue weighted by molar-refractivity contribution is 7.13. The van der Waals surface area contributed by atoms with Crippen molar-refractivity contribution in [2.45, 2.75) is 45.7 Å². The first kappa shape index (κ1) is 21.8. The van der Waals surface area contributed by atoms with Gasteiger partial charge in [-0.15, -0.1) is 11.3 Å². The first-order valence-electron chi connectivity index (χ1n) is 12.2. The largest absolute Gasteiger partial charge is 0.377 e. The third-order valence-corrected chi connectivity index (χ3v) is 8.05. The first-order chi connectivity index (χ1) is 16.6. The number of hydrogen-bond acceptors (Lipinski definition) is 7. The van der Waals surface area contributed by atoms with Gasteiger partial charge in [0.2, 0.25) is 0 Å². The van der Waals surface area contributed by atoms with Crippen molar-refractivity contribution in [1.29, 1.82) is 0 Å². The standard InChI is InChI=1S/C25H31N7OS/c1-16-15-33-11-10-30(16)23-13-21(32-25(28-23)20(14-27-32)22-5-4-12-34-22)24-17(2)29-31(18(24)3)19-6-8-26-9-7-19/h4-5,12-14,16,19,26H,6-11,15H2,1-3H3/t16-/m1/s1. The zero-order valence-electron chi connectivity index (χ0n) is 20.0. The van der Waals surface area contributed by atoms with E-state index in [1.54, 1.807) is 11.3 Å². The van der Waals surface area contributed by atoms with Crippen molar-refractivity contribution in [3.05, 3.63) is 41.2 Å². The fourth-order valence-electron chi connectivity index (χ4n) is 5.39. The Bertz CT molecular complexity index is 1300. The highest BCUT2D eigenvalue weighted by Gasteiger charge is 2.27. The van der Waals surface area contributed by atoms with Gasteiger partial charge < -0.3 is 15.0 Å². The van der Waals surface area contributed by atoms with E-state index in [0.29, 0.717) is 12.6 Å². The van der Waals surface area contributed by atoms with Crippen molar-refractivity contribution < 1.29 is 4.74 Å². The number of ether oxygens (including phenoxy) is 1. The molecule has 0 radical (unpaired) electrons. The fourth-order valence-corrected chi connectivity index (χ4v) is 6.12. The summed E-state index contributed by atoms with van der Waals surface area (Å²) in [4.78, 5) is 8.69. The van der Waals surface area contributed by atoms with E-state index in [4.69, 9.17) is 19.9 Å². The lowest BCUT2D eigenvalue weighted by atomic mass is 10.1. The topological polar surface area (TPSA) is 72.5 Å². The molecular formula is C25H31N7OS. The molecule has 2 saturated heterocycles. The number of morpholine rings is 1. The van der Waals surface area contributed by atoms with Crippen LogP contribution in [0.15, 0.2) is 29.8 Å². The molecule has 4 aromatic heterocycles. The Labute approximate surface area is 203 Å². The van der Waals surface area contributed by atoms with E-state index < -0.39 is 0 Å². The maximum absolute atomic E-state index is 5.71. The van der Waals surface area contributed by atoms with Crippen LogP contribution in [-0.4, -0.2) is 63.3 Å². The minimum Gasteiger partial charge on any atom is -0.377 e. The van der Waals surface area contributed by atoms with Crippen LogP contribution in [0.3, 0.4) is 0 Å². The Morgan fingerprint density at radius 3 is 2.82 bits per heavy atom. The summed E-state index contributed by atoms with van der Waals surface area (Å²) in [5.41, 5.74) is 6.41.